The molecule has 52 valence electrons. The van der Waals surface area contributed by atoms with Crippen molar-refractivity contribution in [1.29, 1.82) is 0 Å². The van der Waals surface area contributed by atoms with Gasteiger partial charge >= 0.3 is 6.08 Å². The summed E-state index contributed by atoms with van der Waals surface area (Å²) in [6.45, 7) is 1.73. The van der Waals surface area contributed by atoms with Crippen molar-refractivity contribution in [3.8, 4) is 0 Å². The van der Waals surface area contributed by atoms with E-state index in [1.54, 1.807) is 6.92 Å². The number of aliphatic hydroxyl groups is 1. The van der Waals surface area contributed by atoms with Crippen molar-refractivity contribution < 1.29 is 14.9 Å². The molecule has 0 aliphatic rings. The van der Waals surface area contributed by atoms with Crippen LogP contribution >= 0.6 is 0 Å². The fourth-order valence-electron chi connectivity index (χ4n) is 0.228. The predicted molar refractivity (Wildman–Crippen MR) is 28.7 cm³/mol. The monoisotopic (exact) mass is 134 g/mol. The molecule has 0 aliphatic carbocycles. The molecule has 6 heteroatoms. The summed E-state index contributed by atoms with van der Waals surface area (Å²) in [4.78, 5) is 9.46. The van der Waals surface area contributed by atoms with E-state index >= 15 is 0 Å². The Morgan fingerprint density at radius 2 is 2.56 bits per heavy atom. The van der Waals surface area contributed by atoms with Crippen LogP contribution in [0, 0.1) is 10.1 Å². The van der Waals surface area contributed by atoms with E-state index in [9.17, 15) is 10.1 Å². The molecule has 0 fully saturated rings. The summed E-state index contributed by atoms with van der Waals surface area (Å²) in [5.41, 5.74) is 0. The summed E-state index contributed by atoms with van der Waals surface area (Å²) in [6.07, 6.45) is -0.914. The lowest BCUT2D eigenvalue weighted by Crippen LogP contribution is -2.05. The molecule has 6 nitrogen and oxygen atoms in total. The quantitative estimate of drug-likeness (QED) is 0.251. The van der Waals surface area contributed by atoms with Crippen molar-refractivity contribution in [1.82, 2.24) is 0 Å². The fourth-order valence-corrected chi connectivity index (χ4v) is 0.228. The molecule has 0 spiro atoms. The summed E-state index contributed by atoms with van der Waals surface area (Å²) in [7, 11) is 0. The molecule has 0 heterocycles. The Kier molecular flexibility index (Phi) is 3.11. The molecule has 0 unspecified atom stereocenters. The first-order chi connectivity index (χ1) is 4.16. The molecule has 0 aliphatic heterocycles. The number of nitro groups is 1. The Balaban J connectivity index is 3.69. The van der Waals surface area contributed by atoms with E-state index in [1.807, 2.05) is 0 Å². The predicted octanol–water partition coefficient (Wildman–Crippen LogP) is 0.129. The van der Waals surface area contributed by atoms with Crippen LogP contribution in [0.3, 0.4) is 0 Å². The van der Waals surface area contributed by atoms with Crippen LogP contribution in [0.1, 0.15) is 6.92 Å². The Morgan fingerprint density at radius 3 is 2.89 bits per heavy atom. The van der Waals surface area contributed by atoms with Gasteiger partial charge in [0, 0.05) is 0 Å². The number of aliphatic hydroxyl groups excluding tert-OH is 1. The van der Waals surface area contributed by atoms with Crippen LogP contribution in [0.25, 0.3) is 0 Å². The second kappa shape index (κ2) is 3.65. The van der Waals surface area contributed by atoms with E-state index in [-0.39, 0.29) is 6.61 Å². The van der Waals surface area contributed by atoms with Gasteiger partial charge in [-0.25, -0.2) is 10.1 Å². The lowest BCUT2D eigenvalue weighted by molar-refractivity contribution is -0.487. The molecule has 0 amide bonds. The molecule has 0 bridgehead atoms. The third kappa shape index (κ3) is 4.52. The maximum absolute atomic E-state index is 9.46. The van der Waals surface area contributed by atoms with Crippen LogP contribution < -0.4 is 0 Å². The van der Waals surface area contributed by atoms with Crippen molar-refractivity contribution in [2.45, 2.75) is 6.92 Å². The highest BCUT2D eigenvalue weighted by atomic mass is 16.7. The van der Waals surface area contributed by atoms with E-state index in [0.29, 0.717) is 0 Å². The zero-order valence-electron chi connectivity index (χ0n) is 4.77. The Labute approximate surface area is 50.9 Å². The molecule has 9 heavy (non-hydrogen) atoms. The average Bonchev–Trinajstić information content (AvgIpc) is 1.63. The van der Waals surface area contributed by atoms with E-state index in [4.69, 9.17) is 5.11 Å². The maximum Gasteiger partial charge on any atom is 0.452 e. The minimum absolute atomic E-state index is 0.156. The second-order valence-electron chi connectivity index (χ2n) is 1.05. The zero-order valence-corrected chi connectivity index (χ0v) is 4.77. The summed E-state index contributed by atoms with van der Waals surface area (Å²) in [5, 5.41) is 19.2. The van der Waals surface area contributed by atoms with E-state index in [2.05, 4.69) is 9.84 Å². The van der Waals surface area contributed by atoms with Gasteiger partial charge in [-0.1, -0.05) is 0 Å². The van der Waals surface area contributed by atoms with Gasteiger partial charge in [0.2, 0.25) is 0 Å². The first kappa shape index (κ1) is 7.67. The van der Waals surface area contributed by atoms with Gasteiger partial charge in [-0.3, -0.25) is 0 Å². The zero-order chi connectivity index (χ0) is 7.28. The van der Waals surface area contributed by atoms with Gasteiger partial charge in [0.25, 0.3) is 0 Å². The second-order valence-corrected chi connectivity index (χ2v) is 1.05. The molecule has 0 saturated carbocycles. The van der Waals surface area contributed by atoms with E-state index in [1.165, 1.54) is 0 Å². The number of rotatable bonds is 2. The van der Waals surface area contributed by atoms with Crippen LogP contribution in [-0.4, -0.2) is 22.8 Å². The first-order valence-electron chi connectivity index (χ1n) is 2.21. The third-order valence-corrected chi connectivity index (χ3v) is 0.441. The average molecular weight is 134 g/mol. The molecule has 0 aromatic heterocycles. The summed E-state index contributed by atoms with van der Waals surface area (Å²) >= 11 is 0. The Morgan fingerprint density at radius 1 is 2.00 bits per heavy atom. The minimum atomic E-state index is -1.04. The summed E-state index contributed by atoms with van der Waals surface area (Å²) in [5.74, 6) is 0. The Hall–Kier alpha value is -1.33. The largest absolute Gasteiger partial charge is 0.462 e. The molecule has 0 atom stereocenters. The van der Waals surface area contributed by atoms with E-state index in [0.717, 1.165) is 0 Å². The van der Waals surface area contributed by atoms with Gasteiger partial charge in [0.1, 0.15) is 5.10 Å². The summed E-state index contributed by atoms with van der Waals surface area (Å²) in [6, 6.07) is 0. The number of ether oxygens (including phenoxy) is 1. The van der Waals surface area contributed by atoms with Gasteiger partial charge < -0.3 is 9.84 Å². The normalized spacial score (nSPS) is 11.0. The highest BCUT2D eigenvalue weighted by Gasteiger charge is 1.99. The van der Waals surface area contributed by atoms with Crippen LogP contribution in [0.5, 0.6) is 0 Å². The van der Waals surface area contributed by atoms with Gasteiger partial charge in [0.15, 0.2) is 5.03 Å². The van der Waals surface area contributed by atoms with Crippen molar-refractivity contribution in [3.05, 3.63) is 10.1 Å². The van der Waals surface area contributed by atoms with E-state index < -0.39 is 11.1 Å². The molecule has 0 rings (SSSR count). The van der Waals surface area contributed by atoms with Gasteiger partial charge in [-0.2, -0.15) is 0 Å². The van der Waals surface area contributed by atoms with Crippen LogP contribution in [-0.2, 0) is 4.74 Å². The number of hydrogen-bond acceptors (Lipinski definition) is 3. The van der Waals surface area contributed by atoms with Crippen LogP contribution in [0.2, 0.25) is 0 Å². The highest BCUT2D eigenvalue weighted by molar-refractivity contribution is 5.62. The van der Waals surface area contributed by atoms with Gasteiger partial charge in [-0.15, -0.1) is 0 Å². The lowest BCUT2D eigenvalue weighted by atomic mass is 10.9. The van der Waals surface area contributed by atoms with Crippen molar-refractivity contribution in [2.24, 2.45) is 5.10 Å². The SMILES string of the molecule is CCO/C(O)=N/[N+](=O)[O-]. The Bertz CT molecular complexity index is 132. The maximum atomic E-state index is 9.46. The highest BCUT2D eigenvalue weighted by Crippen LogP contribution is 1.77. The van der Waals surface area contributed by atoms with Crippen LogP contribution in [0.4, 0.5) is 0 Å². The number of hydrogen-bond donors (Lipinski definition) is 1. The topological polar surface area (TPSA) is 85.0 Å². The lowest BCUT2D eigenvalue weighted by Gasteiger charge is -1.91. The van der Waals surface area contributed by atoms with Crippen LogP contribution in [0.15, 0.2) is 5.10 Å². The first-order valence-corrected chi connectivity index (χ1v) is 2.21. The smallest absolute Gasteiger partial charge is 0.452 e. The minimum Gasteiger partial charge on any atom is -0.462 e. The van der Waals surface area contributed by atoms with Gasteiger partial charge in [-0.05, 0) is 6.92 Å². The molecule has 0 radical (unpaired) electrons. The van der Waals surface area contributed by atoms with Crippen molar-refractivity contribution in [2.75, 3.05) is 6.61 Å². The molecule has 1 N–H and O–H groups in total. The third-order valence-electron chi connectivity index (χ3n) is 0.441. The van der Waals surface area contributed by atoms with Gasteiger partial charge in [0.05, 0.1) is 6.61 Å². The molecular weight excluding hydrogens is 128 g/mol. The van der Waals surface area contributed by atoms with Crippen molar-refractivity contribution >= 4 is 6.08 Å². The number of hydrazone groups is 1. The summed E-state index contributed by atoms with van der Waals surface area (Å²) < 4.78 is 4.22. The van der Waals surface area contributed by atoms with Crippen molar-refractivity contribution in [3.63, 3.8) is 0 Å². The molecular formula is C3H6N2O4. The molecule has 0 aromatic rings. The number of nitrogens with zero attached hydrogens (tertiary/aromatic N) is 2. The molecule has 0 aromatic carbocycles. The fraction of sp³-hybridized carbons (Fsp3) is 0.667. The molecule has 0 saturated heterocycles. The standard InChI is InChI=1S/C3H6N2O4/c1-2-9-3(6)4-5(7)8/h2H2,1H3,(H,4,6).